The summed E-state index contributed by atoms with van der Waals surface area (Å²) in [7, 11) is 0. The Morgan fingerprint density at radius 1 is 1.30 bits per heavy atom. The van der Waals surface area contributed by atoms with E-state index >= 15 is 0 Å². The Hall–Kier alpha value is -3.02. The molecule has 1 aromatic carbocycles. The first kappa shape index (κ1) is 17.0. The average Bonchev–Trinajstić information content (AvgIpc) is 2.34. The fraction of sp³-hybridized carbons (Fsp3) is 0. The van der Waals surface area contributed by atoms with E-state index in [1.807, 2.05) is 0 Å². The van der Waals surface area contributed by atoms with Gasteiger partial charge in [-0.1, -0.05) is 0 Å². The molecule has 0 saturated carbocycles. The van der Waals surface area contributed by atoms with Crippen molar-refractivity contribution in [2.45, 2.75) is 0 Å². The molecule has 0 saturated heterocycles. The third kappa shape index (κ3) is 10.2. The van der Waals surface area contributed by atoms with E-state index in [9.17, 15) is 0 Å². The second kappa shape index (κ2) is 8.98. The highest BCUT2D eigenvalue weighted by atomic mass is 32.1. The lowest BCUT2D eigenvalue weighted by Crippen LogP contribution is -2.23. The quantitative estimate of drug-likeness (QED) is 0.131. The molecule has 108 valence electrons. The number of rotatable bonds is 3. The van der Waals surface area contributed by atoms with Gasteiger partial charge in [-0.05, 0) is 36.5 Å². The Balaban J connectivity index is 0.000000796. The van der Waals surface area contributed by atoms with E-state index in [4.69, 9.17) is 32.5 Å². The van der Waals surface area contributed by atoms with Crippen LogP contribution >= 0.6 is 12.2 Å². The standard InChI is InChI=1S/C8H11N7S.HNO3/c9-7(10)14-12-5-1-3-6(4-2-5)13-15-8(11)16;2-1(3)4/h1-4,12H,(H2,11,16)(H4,9,10,14);(H,2,3,4). The molecule has 0 amide bonds. The molecule has 20 heavy (non-hydrogen) atoms. The monoisotopic (exact) mass is 300 g/mol. The van der Waals surface area contributed by atoms with Gasteiger partial charge in [0.1, 0.15) is 0 Å². The van der Waals surface area contributed by atoms with Gasteiger partial charge in [-0.25, -0.2) is 0 Å². The zero-order valence-electron chi connectivity index (χ0n) is 10.0. The average molecular weight is 300 g/mol. The summed E-state index contributed by atoms with van der Waals surface area (Å²) < 4.78 is 0. The van der Waals surface area contributed by atoms with Gasteiger partial charge in [-0.3, -0.25) is 5.43 Å². The number of hydrogen-bond acceptors (Lipinski definition) is 6. The number of azo groups is 1. The second-order valence-electron chi connectivity index (χ2n) is 2.97. The summed E-state index contributed by atoms with van der Waals surface area (Å²) in [6.07, 6.45) is 0. The first-order valence-electron chi connectivity index (χ1n) is 4.80. The molecular formula is C8H12N8O3S. The van der Waals surface area contributed by atoms with Gasteiger partial charge in [0.2, 0.25) is 11.1 Å². The third-order valence-corrected chi connectivity index (χ3v) is 1.53. The number of guanidine groups is 1. The summed E-state index contributed by atoms with van der Waals surface area (Å²) in [5, 5.41) is 24.6. The predicted octanol–water partition coefficient (Wildman–Crippen LogP) is 0.266. The van der Waals surface area contributed by atoms with Crippen LogP contribution in [0.25, 0.3) is 0 Å². The Morgan fingerprint density at radius 3 is 2.20 bits per heavy atom. The summed E-state index contributed by atoms with van der Waals surface area (Å²) in [4.78, 5) is 8.36. The SMILES string of the molecule is NC(=S)N=Nc1ccc(NN=C(N)N)cc1.O=[N+]([O-])O. The molecule has 0 unspecified atom stereocenters. The topological polar surface area (TPSA) is 191 Å². The smallest absolute Gasteiger partial charge is 0.291 e. The molecule has 0 spiro atoms. The maximum absolute atomic E-state index is 8.36. The van der Waals surface area contributed by atoms with E-state index in [-0.39, 0.29) is 11.1 Å². The minimum absolute atomic E-state index is 0.0114. The van der Waals surface area contributed by atoms with Crippen LogP contribution in [0, 0.1) is 10.1 Å². The van der Waals surface area contributed by atoms with Gasteiger partial charge in [0, 0.05) is 0 Å². The number of nitrogens with two attached hydrogens (primary N) is 3. The van der Waals surface area contributed by atoms with Crippen molar-refractivity contribution in [1.29, 1.82) is 0 Å². The number of thiocarbonyl (C=S) groups is 1. The van der Waals surface area contributed by atoms with Gasteiger partial charge in [0.25, 0.3) is 5.09 Å². The number of benzene rings is 1. The van der Waals surface area contributed by atoms with Gasteiger partial charge in [0.05, 0.1) is 11.4 Å². The van der Waals surface area contributed by atoms with Crippen LogP contribution in [0.2, 0.25) is 0 Å². The molecule has 11 nitrogen and oxygen atoms in total. The summed E-state index contributed by atoms with van der Waals surface area (Å²) in [6.45, 7) is 0. The van der Waals surface area contributed by atoms with Crippen molar-refractivity contribution >= 4 is 34.7 Å². The molecule has 0 aliphatic heterocycles. The van der Waals surface area contributed by atoms with Crippen LogP contribution in [-0.4, -0.2) is 21.4 Å². The maximum atomic E-state index is 8.36. The van der Waals surface area contributed by atoms with Gasteiger partial charge in [0.15, 0.2) is 0 Å². The maximum Gasteiger partial charge on any atom is 0.291 e. The highest BCUT2D eigenvalue weighted by Gasteiger charge is 1.92. The Bertz CT molecular complexity index is 507. The van der Waals surface area contributed by atoms with E-state index in [1.165, 1.54) is 0 Å². The van der Waals surface area contributed by atoms with Crippen LogP contribution in [0.3, 0.4) is 0 Å². The fourth-order valence-electron chi connectivity index (χ4n) is 0.839. The zero-order chi connectivity index (χ0) is 15.5. The van der Waals surface area contributed by atoms with Gasteiger partial charge < -0.3 is 22.4 Å². The van der Waals surface area contributed by atoms with E-state index in [0.29, 0.717) is 5.69 Å². The molecule has 0 bridgehead atoms. The number of nitrogens with zero attached hydrogens (tertiary/aromatic N) is 4. The first-order valence-corrected chi connectivity index (χ1v) is 5.21. The lowest BCUT2D eigenvalue weighted by atomic mass is 10.3. The number of anilines is 1. The van der Waals surface area contributed by atoms with Crippen molar-refractivity contribution in [2.24, 2.45) is 32.5 Å². The van der Waals surface area contributed by atoms with Gasteiger partial charge in [-0.2, -0.15) is 0 Å². The molecule has 0 radical (unpaired) electrons. The van der Waals surface area contributed by atoms with Crippen LogP contribution in [-0.2, 0) is 0 Å². The van der Waals surface area contributed by atoms with E-state index < -0.39 is 5.09 Å². The molecule has 0 aliphatic rings. The molecule has 1 aromatic rings. The molecule has 8 N–H and O–H groups in total. The van der Waals surface area contributed by atoms with Crippen LogP contribution in [0.4, 0.5) is 11.4 Å². The Morgan fingerprint density at radius 2 is 1.80 bits per heavy atom. The third-order valence-electron chi connectivity index (χ3n) is 1.45. The minimum Gasteiger partial charge on any atom is -0.373 e. The van der Waals surface area contributed by atoms with Crippen molar-refractivity contribution < 1.29 is 10.3 Å². The summed E-state index contributed by atoms with van der Waals surface area (Å²) in [5.41, 5.74) is 19.5. The molecular weight excluding hydrogens is 288 g/mol. The van der Waals surface area contributed by atoms with E-state index in [0.717, 1.165) is 5.69 Å². The van der Waals surface area contributed by atoms with Crippen LogP contribution in [0.5, 0.6) is 0 Å². The fourth-order valence-corrected chi connectivity index (χ4v) is 0.880. The molecule has 0 aliphatic carbocycles. The zero-order valence-corrected chi connectivity index (χ0v) is 10.8. The Kier molecular flexibility index (Phi) is 7.63. The summed E-state index contributed by atoms with van der Waals surface area (Å²) >= 11 is 4.55. The summed E-state index contributed by atoms with van der Waals surface area (Å²) in [6, 6.07) is 6.90. The van der Waals surface area contributed by atoms with E-state index in [1.54, 1.807) is 24.3 Å². The summed E-state index contributed by atoms with van der Waals surface area (Å²) in [5.74, 6) is -0.0442. The van der Waals surface area contributed by atoms with Crippen molar-refractivity contribution in [2.75, 3.05) is 5.43 Å². The second-order valence-corrected chi connectivity index (χ2v) is 3.39. The molecule has 0 heterocycles. The van der Waals surface area contributed by atoms with Crippen LogP contribution in [0.15, 0.2) is 39.6 Å². The van der Waals surface area contributed by atoms with Gasteiger partial charge in [-0.15, -0.1) is 25.4 Å². The lowest BCUT2D eigenvalue weighted by Gasteiger charge is -2.00. The molecule has 1 rings (SSSR count). The first-order chi connectivity index (χ1) is 9.31. The number of nitrogens with one attached hydrogen (secondary N) is 1. The van der Waals surface area contributed by atoms with Crippen LogP contribution < -0.4 is 22.6 Å². The molecule has 0 aromatic heterocycles. The van der Waals surface area contributed by atoms with Crippen molar-refractivity contribution in [3.05, 3.63) is 34.4 Å². The van der Waals surface area contributed by atoms with Crippen molar-refractivity contribution in [1.82, 2.24) is 0 Å². The minimum atomic E-state index is -1.50. The number of hydrogen-bond donors (Lipinski definition) is 5. The van der Waals surface area contributed by atoms with Crippen LogP contribution in [0.1, 0.15) is 0 Å². The largest absolute Gasteiger partial charge is 0.373 e. The van der Waals surface area contributed by atoms with Gasteiger partial charge >= 0.3 is 0 Å². The highest BCUT2D eigenvalue weighted by Crippen LogP contribution is 2.16. The highest BCUT2D eigenvalue weighted by molar-refractivity contribution is 7.80. The van der Waals surface area contributed by atoms with Crippen molar-refractivity contribution in [3.8, 4) is 0 Å². The molecule has 0 atom stereocenters. The predicted molar refractivity (Wildman–Crippen MR) is 76.0 cm³/mol. The Labute approximate surface area is 118 Å². The molecule has 12 heteroatoms. The lowest BCUT2D eigenvalue weighted by molar-refractivity contribution is -0.742. The van der Waals surface area contributed by atoms with E-state index in [2.05, 4.69) is 33.0 Å². The molecule has 0 fully saturated rings. The normalized spacial score (nSPS) is 9.20. The van der Waals surface area contributed by atoms with Crippen molar-refractivity contribution in [3.63, 3.8) is 0 Å². The number of hydrazone groups is 1.